The van der Waals surface area contributed by atoms with Gasteiger partial charge in [-0.15, -0.1) is 0 Å². The number of piperidine rings is 1. The number of hydrogen-bond donors (Lipinski definition) is 0. The summed E-state index contributed by atoms with van der Waals surface area (Å²) in [4.78, 5) is 13.8. The van der Waals surface area contributed by atoms with E-state index in [4.69, 9.17) is 0 Å². The van der Waals surface area contributed by atoms with Gasteiger partial charge >= 0.3 is 0 Å². The van der Waals surface area contributed by atoms with Gasteiger partial charge in [-0.3, -0.25) is 4.79 Å². The molecule has 1 aliphatic heterocycles. The maximum absolute atomic E-state index is 12.4. The number of benzene rings is 1. The van der Waals surface area contributed by atoms with Crippen molar-refractivity contribution in [3.8, 4) is 0 Å². The van der Waals surface area contributed by atoms with Crippen LogP contribution in [0.3, 0.4) is 0 Å². The number of carbonyl (C=O) groups excluding carboxylic acids is 1. The van der Waals surface area contributed by atoms with Gasteiger partial charge in [0.2, 0.25) is 5.91 Å². The molecule has 104 valence electrons. The summed E-state index contributed by atoms with van der Waals surface area (Å²) < 4.78 is 25.7. The lowest BCUT2D eigenvalue weighted by Crippen LogP contribution is -2.40. The van der Waals surface area contributed by atoms with E-state index in [1.54, 1.807) is 24.3 Å². The van der Waals surface area contributed by atoms with Crippen molar-refractivity contribution < 1.29 is 13.2 Å². The van der Waals surface area contributed by atoms with Gasteiger partial charge < -0.3 is 4.90 Å². The van der Waals surface area contributed by atoms with Crippen LogP contribution in [0.2, 0.25) is 0 Å². The van der Waals surface area contributed by atoms with Crippen LogP contribution in [0, 0.1) is 0 Å². The van der Waals surface area contributed by atoms with Gasteiger partial charge in [0.1, 0.15) is 0 Å². The first-order valence-corrected chi connectivity index (χ1v) is 7.70. The van der Waals surface area contributed by atoms with E-state index >= 15 is 0 Å². The zero-order valence-electron chi connectivity index (χ0n) is 11.2. The van der Waals surface area contributed by atoms with E-state index in [2.05, 4.69) is 0 Å². The fourth-order valence-corrected chi connectivity index (χ4v) is 3.54. The normalized spacial score (nSPS) is 16.5. The summed E-state index contributed by atoms with van der Waals surface area (Å²) in [5.41, 5.74) is 0.920. The minimum Gasteiger partial charge on any atom is -0.378 e. The molecule has 1 heterocycles. The van der Waals surface area contributed by atoms with Crippen LogP contribution in [-0.2, 0) is 14.8 Å². The summed E-state index contributed by atoms with van der Waals surface area (Å²) in [6, 6.07) is 6.57. The van der Waals surface area contributed by atoms with Crippen LogP contribution in [0.25, 0.3) is 0 Å². The molecule has 0 N–H and O–H groups in total. The quantitative estimate of drug-likeness (QED) is 0.842. The van der Waals surface area contributed by atoms with Crippen molar-refractivity contribution in [2.75, 3.05) is 25.5 Å². The number of carbonyl (C=O) groups is 1. The fourth-order valence-electron chi connectivity index (χ4n) is 2.08. The maximum Gasteiger partial charge on any atom is 0.266 e. The third kappa shape index (κ3) is 2.73. The van der Waals surface area contributed by atoms with E-state index in [1.165, 1.54) is 0 Å². The third-order valence-electron chi connectivity index (χ3n) is 3.22. The van der Waals surface area contributed by atoms with Crippen molar-refractivity contribution in [1.82, 2.24) is 4.31 Å². The predicted octanol–water partition coefficient (Wildman–Crippen LogP) is 1.45. The summed E-state index contributed by atoms with van der Waals surface area (Å²) >= 11 is 0. The van der Waals surface area contributed by atoms with Crippen molar-refractivity contribution >= 4 is 21.6 Å². The van der Waals surface area contributed by atoms with Crippen molar-refractivity contribution in [2.24, 2.45) is 0 Å². The van der Waals surface area contributed by atoms with Gasteiger partial charge in [-0.05, 0) is 37.1 Å². The van der Waals surface area contributed by atoms with Crippen LogP contribution >= 0.6 is 0 Å². The molecule has 0 aliphatic carbocycles. The third-order valence-corrected chi connectivity index (χ3v) is 5.06. The molecule has 1 amide bonds. The lowest BCUT2D eigenvalue weighted by molar-refractivity contribution is -0.128. The molecule has 0 spiro atoms. The molecule has 0 atom stereocenters. The minimum absolute atomic E-state index is 0.174. The largest absolute Gasteiger partial charge is 0.378 e. The highest BCUT2D eigenvalue weighted by atomic mass is 32.2. The van der Waals surface area contributed by atoms with Gasteiger partial charge in [0.25, 0.3) is 10.0 Å². The zero-order valence-corrected chi connectivity index (χ0v) is 12.0. The van der Waals surface area contributed by atoms with Gasteiger partial charge in [0, 0.05) is 32.7 Å². The molecule has 2 rings (SSSR count). The Morgan fingerprint density at radius 3 is 2.26 bits per heavy atom. The molecule has 0 unspecified atom stereocenters. The summed E-state index contributed by atoms with van der Waals surface area (Å²) in [6.45, 7) is 0.288. The predicted molar refractivity (Wildman–Crippen MR) is 73.5 cm³/mol. The van der Waals surface area contributed by atoms with Crippen LogP contribution in [0.15, 0.2) is 29.2 Å². The molecule has 1 aromatic rings. The molecule has 19 heavy (non-hydrogen) atoms. The average molecular weight is 282 g/mol. The Labute approximate surface area is 113 Å². The summed E-state index contributed by atoms with van der Waals surface area (Å²) in [5, 5.41) is 0. The van der Waals surface area contributed by atoms with Gasteiger partial charge in [-0.2, -0.15) is 0 Å². The first-order valence-electron chi connectivity index (χ1n) is 6.26. The molecule has 1 aromatic carbocycles. The Morgan fingerprint density at radius 2 is 1.74 bits per heavy atom. The molecule has 5 nitrogen and oxygen atoms in total. The maximum atomic E-state index is 12.4. The number of anilines is 1. The van der Waals surface area contributed by atoms with E-state index in [0.717, 1.165) is 22.8 Å². The SMILES string of the molecule is CN(C)c1ccc(S(=O)(=O)N2CCCCC2=O)cc1. The van der Waals surface area contributed by atoms with Crippen LogP contribution < -0.4 is 4.90 Å². The fraction of sp³-hybridized carbons (Fsp3) is 0.462. The number of nitrogens with zero attached hydrogens (tertiary/aromatic N) is 2. The molecular formula is C13H18N2O3S. The molecule has 6 heteroatoms. The monoisotopic (exact) mass is 282 g/mol. The second kappa shape index (κ2) is 5.21. The molecule has 1 saturated heterocycles. The van der Waals surface area contributed by atoms with E-state index in [1.807, 2.05) is 19.0 Å². The van der Waals surface area contributed by atoms with Gasteiger partial charge in [0.05, 0.1) is 4.90 Å². The Morgan fingerprint density at radius 1 is 1.11 bits per heavy atom. The van der Waals surface area contributed by atoms with Crippen LogP contribution in [0.1, 0.15) is 19.3 Å². The van der Waals surface area contributed by atoms with E-state index in [-0.39, 0.29) is 17.3 Å². The molecule has 1 aliphatic rings. The topological polar surface area (TPSA) is 57.7 Å². The van der Waals surface area contributed by atoms with E-state index in [9.17, 15) is 13.2 Å². The van der Waals surface area contributed by atoms with Gasteiger partial charge in [-0.1, -0.05) is 0 Å². The lowest BCUT2D eigenvalue weighted by atomic mass is 10.2. The van der Waals surface area contributed by atoms with Crippen molar-refractivity contribution in [2.45, 2.75) is 24.2 Å². The first-order chi connectivity index (χ1) is 8.93. The van der Waals surface area contributed by atoms with Gasteiger partial charge in [0.15, 0.2) is 0 Å². The molecular weight excluding hydrogens is 264 g/mol. The first kappa shape index (κ1) is 13.9. The summed E-state index contributed by atoms with van der Waals surface area (Å²) in [7, 11) is 0.0847. The summed E-state index contributed by atoms with van der Waals surface area (Å²) in [5.74, 6) is -0.303. The Hall–Kier alpha value is -1.56. The van der Waals surface area contributed by atoms with Crippen molar-refractivity contribution in [3.63, 3.8) is 0 Å². The number of hydrogen-bond acceptors (Lipinski definition) is 4. The molecule has 1 fully saturated rings. The second-order valence-corrected chi connectivity index (χ2v) is 6.68. The smallest absolute Gasteiger partial charge is 0.266 e. The molecule has 0 bridgehead atoms. The highest BCUT2D eigenvalue weighted by molar-refractivity contribution is 7.89. The Bertz CT molecular complexity index is 564. The highest BCUT2D eigenvalue weighted by Crippen LogP contribution is 2.23. The highest BCUT2D eigenvalue weighted by Gasteiger charge is 2.30. The summed E-state index contributed by atoms with van der Waals surface area (Å²) in [6.07, 6.45) is 1.82. The average Bonchev–Trinajstić information content (AvgIpc) is 2.39. The van der Waals surface area contributed by atoms with Crippen molar-refractivity contribution in [1.29, 1.82) is 0 Å². The molecule has 0 saturated carbocycles. The zero-order chi connectivity index (χ0) is 14.0. The minimum atomic E-state index is -3.69. The lowest BCUT2D eigenvalue weighted by Gasteiger charge is -2.26. The van der Waals surface area contributed by atoms with Crippen molar-refractivity contribution in [3.05, 3.63) is 24.3 Å². The second-order valence-electron chi connectivity index (χ2n) is 4.82. The van der Waals surface area contributed by atoms with Crippen LogP contribution in [0.4, 0.5) is 5.69 Å². The van der Waals surface area contributed by atoms with Gasteiger partial charge in [-0.25, -0.2) is 12.7 Å². The Balaban J connectivity index is 2.31. The van der Waals surface area contributed by atoms with E-state index < -0.39 is 10.0 Å². The number of sulfonamides is 1. The molecule has 0 aromatic heterocycles. The number of rotatable bonds is 3. The van der Waals surface area contributed by atoms with E-state index in [0.29, 0.717) is 6.42 Å². The standard InChI is InChI=1S/C13H18N2O3S/c1-14(2)11-6-8-12(9-7-11)19(17,18)15-10-4-3-5-13(15)16/h6-9H,3-5,10H2,1-2H3. The molecule has 0 radical (unpaired) electrons. The number of amides is 1. The Kier molecular flexibility index (Phi) is 3.80. The van der Waals surface area contributed by atoms with Crippen LogP contribution in [0.5, 0.6) is 0 Å². The van der Waals surface area contributed by atoms with Crippen LogP contribution in [-0.4, -0.2) is 39.3 Å².